The van der Waals surface area contributed by atoms with Crippen LogP contribution in [0.1, 0.15) is 28.0 Å². The number of carbonyl (C=O) groups is 1. The lowest BCUT2D eigenvalue weighted by atomic mass is 10.1. The summed E-state index contributed by atoms with van der Waals surface area (Å²) in [4.78, 5) is 31.6. The second-order valence-electron chi connectivity index (χ2n) is 6.19. The van der Waals surface area contributed by atoms with Crippen LogP contribution >= 0.6 is 11.3 Å². The number of rotatable bonds is 5. The molecule has 1 saturated heterocycles. The Morgan fingerprint density at radius 3 is 2.69 bits per heavy atom. The van der Waals surface area contributed by atoms with Crippen molar-refractivity contribution in [1.29, 1.82) is 0 Å². The third-order valence-corrected chi connectivity index (χ3v) is 5.46. The maximum Gasteiger partial charge on any atom is 0.292 e. The van der Waals surface area contributed by atoms with Crippen molar-refractivity contribution >= 4 is 28.6 Å². The standard InChI is InChI=1S/C17H21N5O3S/c1-2-16-19-13(11-26-16)10-20-5-7-21(8-6-20)17(23)12-3-4-14(18)15(9-12)22(24)25/h3-4,9,11H,2,5-8,10,18H2,1H3. The molecule has 0 unspecified atom stereocenters. The van der Waals surface area contributed by atoms with Crippen LogP contribution in [0.4, 0.5) is 11.4 Å². The number of aromatic nitrogens is 1. The number of amides is 1. The topological polar surface area (TPSA) is 106 Å². The van der Waals surface area contributed by atoms with Crippen LogP contribution in [-0.4, -0.2) is 51.8 Å². The number of piperazine rings is 1. The van der Waals surface area contributed by atoms with E-state index in [1.54, 1.807) is 22.3 Å². The molecular formula is C17H21N5O3S. The highest BCUT2D eigenvalue weighted by molar-refractivity contribution is 7.09. The number of thiazole rings is 1. The molecular weight excluding hydrogens is 354 g/mol. The third kappa shape index (κ3) is 4.00. The number of nitro benzene ring substituents is 1. The molecule has 8 nitrogen and oxygen atoms in total. The lowest BCUT2D eigenvalue weighted by Crippen LogP contribution is -2.48. The molecule has 0 radical (unpaired) electrons. The Morgan fingerprint density at radius 1 is 1.35 bits per heavy atom. The van der Waals surface area contributed by atoms with Gasteiger partial charge in [-0.15, -0.1) is 11.3 Å². The van der Waals surface area contributed by atoms with Gasteiger partial charge < -0.3 is 10.6 Å². The maximum absolute atomic E-state index is 12.6. The number of carbonyl (C=O) groups excluding carboxylic acids is 1. The summed E-state index contributed by atoms with van der Waals surface area (Å²) in [6, 6.07) is 4.21. The second-order valence-corrected chi connectivity index (χ2v) is 7.13. The highest BCUT2D eigenvalue weighted by Gasteiger charge is 2.24. The minimum absolute atomic E-state index is 0.0612. The molecule has 0 bridgehead atoms. The van der Waals surface area contributed by atoms with Gasteiger partial charge in [-0.05, 0) is 18.6 Å². The van der Waals surface area contributed by atoms with E-state index >= 15 is 0 Å². The molecule has 1 fully saturated rings. The first-order valence-electron chi connectivity index (χ1n) is 8.46. The lowest BCUT2D eigenvalue weighted by Gasteiger charge is -2.34. The highest BCUT2D eigenvalue weighted by Crippen LogP contribution is 2.23. The van der Waals surface area contributed by atoms with Crippen molar-refractivity contribution in [3.05, 3.63) is 50.0 Å². The summed E-state index contributed by atoms with van der Waals surface area (Å²) in [5.74, 6) is -0.199. The van der Waals surface area contributed by atoms with E-state index in [9.17, 15) is 14.9 Å². The Balaban J connectivity index is 1.60. The van der Waals surface area contributed by atoms with E-state index in [1.807, 2.05) is 0 Å². The Morgan fingerprint density at radius 2 is 2.08 bits per heavy atom. The summed E-state index contributed by atoms with van der Waals surface area (Å²) in [6.45, 7) is 5.55. The molecule has 3 rings (SSSR count). The molecule has 0 atom stereocenters. The van der Waals surface area contributed by atoms with Gasteiger partial charge in [0, 0.05) is 49.7 Å². The average molecular weight is 375 g/mol. The van der Waals surface area contributed by atoms with E-state index in [1.165, 1.54) is 12.1 Å². The summed E-state index contributed by atoms with van der Waals surface area (Å²) in [6.07, 6.45) is 0.945. The second kappa shape index (κ2) is 7.79. The molecule has 2 aromatic rings. The van der Waals surface area contributed by atoms with Crippen LogP contribution in [0.5, 0.6) is 0 Å². The summed E-state index contributed by atoms with van der Waals surface area (Å²) in [5.41, 5.74) is 6.79. The monoisotopic (exact) mass is 375 g/mol. The molecule has 9 heteroatoms. The van der Waals surface area contributed by atoms with Crippen molar-refractivity contribution in [3.8, 4) is 0 Å². The van der Waals surface area contributed by atoms with E-state index in [4.69, 9.17) is 5.73 Å². The quantitative estimate of drug-likeness (QED) is 0.488. The normalized spacial score (nSPS) is 15.2. The smallest absolute Gasteiger partial charge is 0.292 e. The van der Waals surface area contributed by atoms with Crippen molar-refractivity contribution in [1.82, 2.24) is 14.8 Å². The SMILES string of the molecule is CCc1nc(CN2CCN(C(=O)c3ccc(N)c([N+](=O)[O-])c3)CC2)cs1. The van der Waals surface area contributed by atoms with Crippen LogP contribution in [0.25, 0.3) is 0 Å². The Bertz CT molecular complexity index is 814. The molecule has 2 N–H and O–H groups in total. The van der Waals surface area contributed by atoms with Crippen molar-refractivity contribution in [3.63, 3.8) is 0 Å². The first-order valence-corrected chi connectivity index (χ1v) is 9.34. The van der Waals surface area contributed by atoms with Crippen molar-refractivity contribution in [2.24, 2.45) is 0 Å². The fourth-order valence-corrected chi connectivity index (χ4v) is 3.68. The number of hydrogen-bond donors (Lipinski definition) is 1. The molecule has 2 heterocycles. The number of benzene rings is 1. The number of hydrogen-bond acceptors (Lipinski definition) is 7. The fraction of sp³-hybridized carbons (Fsp3) is 0.412. The van der Waals surface area contributed by atoms with E-state index in [0.717, 1.165) is 36.8 Å². The van der Waals surface area contributed by atoms with Crippen LogP contribution in [0.15, 0.2) is 23.6 Å². The third-order valence-electron chi connectivity index (χ3n) is 4.42. The first-order chi connectivity index (χ1) is 12.5. The minimum Gasteiger partial charge on any atom is -0.393 e. The van der Waals surface area contributed by atoms with Gasteiger partial charge in [-0.3, -0.25) is 19.8 Å². The molecule has 1 aromatic heterocycles. The molecule has 1 aliphatic heterocycles. The first kappa shape index (κ1) is 18.3. The number of aryl methyl sites for hydroxylation is 1. The van der Waals surface area contributed by atoms with E-state index in [2.05, 4.69) is 22.2 Å². The molecule has 0 saturated carbocycles. The molecule has 1 amide bonds. The van der Waals surface area contributed by atoms with Crippen LogP contribution in [0, 0.1) is 10.1 Å². The molecule has 26 heavy (non-hydrogen) atoms. The molecule has 0 aliphatic carbocycles. The molecule has 1 aromatic carbocycles. The number of nitrogens with zero attached hydrogens (tertiary/aromatic N) is 4. The summed E-state index contributed by atoms with van der Waals surface area (Å²) >= 11 is 1.68. The predicted octanol–water partition coefficient (Wildman–Crippen LogP) is 2.15. The largest absolute Gasteiger partial charge is 0.393 e. The van der Waals surface area contributed by atoms with Crippen LogP contribution in [0.2, 0.25) is 0 Å². The molecule has 0 spiro atoms. The van der Waals surface area contributed by atoms with Gasteiger partial charge in [-0.1, -0.05) is 6.92 Å². The lowest BCUT2D eigenvalue weighted by molar-refractivity contribution is -0.383. The van der Waals surface area contributed by atoms with Gasteiger partial charge in [0.15, 0.2) is 0 Å². The number of nitrogen functional groups attached to an aromatic ring is 1. The Labute approximate surface area is 155 Å². The van der Waals surface area contributed by atoms with Gasteiger partial charge in [0.2, 0.25) is 0 Å². The van der Waals surface area contributed by atoms with Crippen LogP contribution in [-0.2, 0) is 13.0 Å². The summed E-state index contributed by atoms with van der Waals surface area (Å²) in [5, 5.41) is 14.2. The number of nitro groups is 1. The fourth-order valence-electron chi connectivity index (χ4n) is 2.94. The van der Waals surface area contributed by atoms with Crippen LogP contribution < -0.4 is 5.73 Å². The van der Waals surface area contributed by atoms with Crippen molar-refractivity contribution < 1.29 is 9.72 Å². The Kier molecular flexibility index (Phi) is 5.48. The van der Waals surface area contributed by atoms with Gasteiger partial charge >= 0.3 is 0 Å². The van der Waals surface area contributed by atoms with Crippen molar-refractivity contribution in [2.75, 3.05) is 31.9 Å². The van der Waals surface area contributed by atoms with Crippen LogP contribution in [0.3, 0.4) is 0 Å². The van der Waals surface area contributed by atoms with Gasteiger partial charge in [0.25, 0.3) is 11.6 Å². The summed E-state index contributed by atoms with van der Waals surface area (Å²) < 4.78 is 0. The van der Waals surface area contributed by atoms with Gasteiger partial charge in [0.1, 0.15) is 5.69 Å². The van der Waals surface area contributed by atoms with E-state index in [-0.39, 0.29) is 17.3 Å². The minimum atomic E-state index is -0.567. The number of anilines is 1. The van der Waals surface area contributed by atoms with Crippen molar-refractivity contribution in [2.45, 2.75) is 19.9 Å². The Hall–Kier alpha value is -2.52. The zero-order valence-corrected chi connectivity index (χ0v) is 15.4. The van der Waals surface area contributed by atoms with E-state index < -0.39 is 4.92 Å². The predicted molar refractivity (Wildman–Crippen MR) is 100 cm³/mol. The van der Waals surface area contributed by atoms with Gasteiger partial charge in [0.05, 0.1) is 15.6 Å². The molecule has 138 valence electrons. The average Bonchev–Trinajstić information content (AvgIpc) is 3.09. The zero-order chi connectivity index (χ0) is 18.7. The summed E-state index contributed by atoms with van der Waals surface area (Å²) in [7, 11) is 0. The van der Waals surface area contributed by atoms with Gasteiger partial charge in [-0.2, -0.15) is 0 Å². The van der Waals surface area contributed by atoms with E-state index in [0.29, 0.717) is 18.7 Å². The highest BCUT2D eigenvalue weighted by atomic mass is 32.1. The zero-order valence-electron chi connectivity index (χ0n) is 14.6. The molecule has 1 aliphatic rings. The number of nitrogens with two attached hydrogens (primary N) is 1. The van der Waals surface area contributed by atoms with Gasteiger partial charge in [-0.25, -0.2) is 4.98 Å². The maximum atomic E-state index is 12.6.